The molecule has 2 rings (SSSR count). The highest BCUT2D eigenvalue weighted by molar-refractivity contribution is 14.0. The molecular weight excluding hydrogens is 481 g/mol. The van der Waals surface area contributed by atoms with Gasteiger partial charge in [0.1, 0.15) is 12.2 Å². The standard InChI is InChI=1S/C20H37N7O.HI/c1-4-17(3)24-20(22-12-15-27-16-23-25-18(27)5-2)21-11-9-14-26-13-8-6-7-10-19(26)28;/h16-17H,4-15H2,1-3H3,(H2,21,22,24);1H. The van der Waals surface area contributed by atoms with E-state index < -0.39 is 0 Å². The van der Waals surface area contributed by atoms with Crippen LogP contribution in [0.2, 0.25) is 0 Å². The van der Waals surface area contributed by atoms with Crippen molar-refractivity contribution in [1.82, 2.24) is 30.3 Å². The Morgan fingerprint density at radius 2 is 2.10 bits per heavy atom. The fourth-order valence-electron chi connectivity index (χ4n) is 3.25. The van der Waals surface area contributed by atoms with Crippen LogP contribution in [0.3, 0.4) is 0 Å². The van der Waals surface area contributed by atoms with Crippen molar-refractivity contribution in [2.24, 2.45) is 4.99 Å². The van der Waals surface area contributed by atoms with E-state index >= 15 is 0 Å². The number of guanidine groups is 1. The number of nitrogens with one attached hydrogen (secondary N) is 2. The monoisotopic (exact) mass is 519 g/mol. The first-order valence-electron chi connectivity index (χ1n) is 10.8. The number of carbonyl (C=O) groups excluding carboxylic acids is 1. The molecule has 0 spiro atoms. The van der Waals surface area contributed by atoms with Crippen LogP contribution in [0, 0.1) is 0 Å². The van der Waals surface area contributed by atoms with Gasteiger partial charge < -0.3 is 20.1 Å². The van der Waals surface area contributed by atoms with E-state index in [9.17, 15) is 4.79 Å². The van der Waals surface area contributed by atoms with Gasteiger partial charge in [-0.1, -0.05) is 20.3 Å². The highest BCUT2D eigenvalue weighted by Gasteiger charge is 2.15. The molecule has 1 fully saturated rings. The van der Waals surface area contributed by atoms with E-state index in [0.29, 0.717) is 24.9 Å². The van der Waals surface area contributed by atoms with Crippen molar-refractivity contribution >= 4 is 35.8 Å². The van der Waals surface area contributed by atoms with Gasteiger partial charge in [0.2, 0.25) is 5.91 Å². The number of hydrogen-bond acceptors (Lipinski definition) is 4. The van der Waals surface area contributed by atoms with Crippen LogP contribution in [0.1, 0.15) is 65.1 Å². The average Bonchev–Trinajstić information content (AvgIpc) is 3.06. The number of aromatic nitrogens is 3. The lowest BCUT2D eigenvalue weighted by Crippen LogP contribution is -2.43. The third-order valence-electron chi connectivity index (χ3n) is 5.18. The SMILES string of the molecule is CCc1nncn1CCNC(=NCCCN1CCCCCC1=O)NC(C)CC.I. The Morgan fingerprint density at radius 3 is 2.86 bits per heavy atom. The minimum Gasteiger partial charge on any atom is -0.355 e. The zero-order valence-electron chi connectivity index (χ0n) is 18.2. The Bertz CT molecular complexity index is 620. The molecular formula is C20H38IN7O. The summed E-state index contributed by atoms with van der Waals surface area (Å²) < 4.78 is 2.07. The summed E-state index contributed by atoms with van der Waals surface area (Å²) in [4.78, 5) is 18.8. The van der Waals surface area contributed by atoms with Crippen molar-refractivity contribution < 1.29 is 4.79 Å². The average molecular weight is 519 g/mol. The van der Waals surface area contributed by atoms with Crippen LogP contribution in [0.4, 0.5) is 0 Å². The first-order chi connectivity index (χ1) is 13.6. The molecule has 0 saturated carbocycles. The summed E-state index contributed by atoms with van der Waals surface area (Å²) in [5.41, 5.74) is 0. The molecule has 2 N–H and O–H groups in total. The number of hydrogen-bond donors (Lipinski definition) is 2. The van der Waals surface area contributed by atoms with E-state index in [0.717, 1.165) is 70.1 Å². The van der Waals surface area contributed by atoms with E-state index in [-0.39, 0.29) is 24.0 Å². The lowest BCUT2D eigenvalue weighted by Gasteiger charge is -2.20. The van der Waals surface area contributed by atoms with Gasteiger partial charge in [-0.15, -0.1) is 34.2 Å². The second-order valence-electron chi connectivity index (χ2n) is 7.45. The van der Waals surface area contributed by atoms with Gasteiger partial charge in [-0.25, -0.2) is 0 Å². The van der Waals surface area contributed by atoms with Crippen molar-refractivity contribution in [2.45, 2.75) is 78.3 Å². The minimum atomic E-state index is 0. The molecule has 8 nitrogen and oxygen atoms in total. The molecule has 1 atom stereocenters. The minimum absolute atomic E-state index is 0. The maximum Gasteiger partial charge on any atom is 0.222 e. The zero-order valence-corrected chi connectivity index (χ0v) is 20.5. The van der Waals surface area contributed by atoms with Crippen LogP contribution in [-0.2, 0) is 17.8 Å². The first kappa shape index (κ1) is 25.6. The molecule has 1 aromatic heterocycles. The molecule has 0 aromatic carbocycles. The highest BCUT2D eigenvalue weighted by atomic mass is 127. The predicted molar refractivity (Wildman–Crippen MR) is 128 cm³/mol. The summed E-state index contributed by atoms with van der Waals surface area (Å²) in [6.07, 6.45) is 8.61. The Hall–Kier alpha value is -1.39. The first-order valence-corrected chi connectivity index (χ1v) is 10.8. The van der Waals surface area contributed by atoms with Crippen molar-refractivity contribution in [1.29, 1.82) is 0 Å². The molecule has 1 aromatic rings. The van der Waals surface area contributed by atoms with E-state index in [4.69, 9.17) is 4.99 Å². The quantitative estimate of drug-likeness (QED) is 0.215. The number of aryl methyl sites for hydroxylation is 1. The van der Waals surface area contributed by atoms with Crippen LogP contribution in [0.25, 0.3) is 0 Å². The normalized spacial score (nSPS) is 16.2. The summed E-state index contributed by atoms with van der Waals surface area (Å²) in [7, 11) is 0. The molecule has 2 heterocycles. The summed E-state index contributed by atoms with van der Waals surface area (Å²) in [6.45, 7) is 10.4. The third-order valence-corrected chi connectivity index (χ3v) is 5.18. The van der Waals surface area contributed by atoms with Crippen LogP contribution >= 0.6 is 24.0 Å². The number of aliphatic imine (C=N–C) groups is 1. The number of amides is 1. The number of likely N-dealkylation sites (tertiary alicyclic amines) is 1. The molecule has 1 aliphatic rings. The summed E-state index contributed by atoms with van der Waals surface area (Å²) in [5.74, 6) is 2.14. The second-order valence-corrected chi connectivity index (χ2v) is 7.45. The van der Waals surface area contributed by atoms with Gasteiger partial charge in [-0.05, 0) is 32.6 Å². The Balaban J connectivity index is 0.00000420. The van der Waals surface area contributed by atoms with E-state index in [2.05, 4.69) is 46.2 Å². The van der Waals surface area contributed by atoms with Crippen molar-refractivity contribution in [2.75, 3.05) is 26.2 Å². The molecule has 166 valence electrons. The molecule has 1 saturated heterocycles. The smallest absolute Gasteiger partial charge is 0.222 e. The topological polar surface area (TPSA) is 87.4 Å². The Morgan fingerprint density at radius 1 is 1.28 bits per heavy atom. The largest absolute Gasteiger partial charge is 0.355 e. The van der Waals surface area contributed by atoms with Crippen molar-refractivity contribution in [3.63, 3.8) is 0 Å². The number of carbonyl (C=O) groups is 1. The van der Waals surface area contributed by atoms with Crippen LogP contribution in [0.5, 0.6) is 0 Å². The maximum absolute atomic E-state index is 12.1. The summed E-state index contributed by atoms with van der Waals surface area (Å²) in [5, 5.41) is 15.0. The summed E-state index contributed by atoms with van der Waals surface area (Å²) in [6, 6.07) is 0.361. The molecule has 0 aliphatic carbocycles. The van der Waals surface area contributed by atoms with Gasteiger partial charge in [0, 0.05) is 51.6 Å². The highest BCUT2D eigenvalue weighted by Crippen LogP contribution is 2.11. The lowest BCUT2D eigenvalue weighted by atomic mass is 10.2. The Kier molecular flexibility index (Phi) is 12.9. The van der Waals surface area contributed by atoms with Gasteiger partial charge >= 0.3 is 0 Å². The van der Waals surface area contributed by atoms with Crippen molar-refractivity contribution in [3.05, 3.63) is 12.2 Å². The predicted octanol–water partition coefficient (Wildman–Crippen LogP) is 2.58. The van der Waals surface area contributed by atoms with Gasteiger partial charge in [-0.2, -0.15) is 0 Å². The number of nitrogens with zero attached hydrogens (tertiary/aromatic N) is 5. The third kappa shape index (κ3) is 9.31. The van der Waals surface area contributed by atoms with Crippen molar-refractivity contribution in [3.8, 4) is 0 Å². The zero-order chi connectivity index (χ0) is 20.2. The molecule has 0 bridgehead atoms. The number of rotatable bonds is 10. The molecule has 0 radical (unpaired) electrons. The molecule has 9 heteroatoms. The van der Waals surface area contributed by atoms with Gasteiger partial charge in [0.15, 0.2) is 5.96 Å². The fourth-order valence-corrected chi connectivity index (χ4v) is 3.25. The van der Waals surface area contributed by atoms with Crippen LogP contribution in [-0.4, -0.2) is 63.8 Å². The van der Waals surface area contributed by atoms with E-state index in [1.165, 1.54) is 6.42 Å². The maximum atomic E-state index is 12.1. The van der Waals surface area contributed by atoms with E-state index in [1.54, 1.807) is 6.33 Å². The second kappa shape index (κ2) is 14.6. The molecule has 1 aliphatic heterocycles. The van der Waals surface area contributed by atoms with Gasteiger partial charge in [-0.3, -0.25) is 9.79 Å². The summed E-state index contributed by atoms with van der Waals surface area (Å²) >= 11 is 0. The molecule has 1 unspecified atom stereocenters. The number of halogens is 1. The van der Waals surface area contributed by atoms with Gasteiger partial charge in [0.25, 0.3) is 0 Å². The fraction of sp³-hybridized carbons (Fsp3) is 0.800. The van der Waals surface area contributed by atoms with Gasteiger partial charge in [0.05, 0.1) is 0 Å². The van der Waals surface area contributed by atoms with Crippen LogP contribution < -0.4 is 10.6 Å². The van der Waals surface area contributed by atoms with E-state index in [1.807, 2.05) is 4.90 Å². The Labute approximate surface area is 192 Å². The molecule has 1 amide bonds. The van der Waals surface area contributed by atoms with Crippen LogP contribution in [0.15, 0.2) is 11.3 Å². The molecule has 29 heavy (non-hydrogen) atoms. The lowest BCUT2D eigenvalue weighted by molar-refractivity contribution is -0.130.